The molecule has 1 aliphatic carbocycles. The van der Waals surface area contributed by atoms with Crippen LogP contribution >= 0.6 is 0 Å². The molecule has 0 spiro atoms. The highest BCUT2D eigenvalue weighted by Gasteiger charge is 2.47. The second-order valence-electron chi connectivity index (χ2n) is 8.53. The van der Waals surface area contributed by atoms with E-state index in [-0.39, 0.29) is 11.9 Å². The van der Waals surface area contributed by atoms with Gasteiger partial charge in [-0.05, 0) is 55.0 Å². The third-order valence-corrected chi connectivity index (χ3v) is 6.44. The number of carbonyl (C=O) groups is 1. The van der Waals surface area contributed by atoms with E-state index in [4.69, 9.17) is 5.73 Å². The Balaban J connectivity index is 1.78. The van der Waals surface area contributed by atoms with Crippen LogP contribution in [0.5, 0.6) is 5.75 Å². The average molecular weight is 447 g/mol. The van der Waals surface area contributed by atoms with E-state index in [1.54, 1.807) is 37.3 Å². The first-order chi connectivity index (χ1) is 14.9. The predicted octanol–water partition coefficient (Wildman–Crippen LogP) is 3.74. The van der Waals surface area contributed by atoms with E-state index in [0.717, 1.165) is 12.0 Å². The number of guanidine groups is 1. The zero-order chi connectivity index (χ0) is 23.3. The first-order valence-electron chi connectivity index (χ1n) is 10.2. The topological polar surface area (TPSA) is 88.2 Å². The molecule has 2 atom stereocenters. The Hall–Kier alpha value is -3.07. The van der Waals surface area contributed by atoms with E-state index in [9.17, 15) is 23.1 Å². The van der Waals surface area contributed by atoms with Crippen LogP contribution in [0.15, 0.2) is 53.5 Å². The van der Waals surface area contributed by atoms with Gasteiger partial charge in [0.2, 0.25) is 5.91 Å². The Morgan fingerprint density at radius 1 is 1.16 bits per heavy atom. The van der Waals surface area contributed by atoms with Gasteiger partial charge in [-0.25, -0.2) is 4.99 Å². The van der Waals surface area contributed by atoms with Gasteiger partial charge in [0.15, 0.2) is 5.96 Å². The largest absolute Gasteiger partial charge is 0.573 e. The van der Waals surface area contributed by atoms with Crippen molar-refractivity contribution in [2.45, 2.75) is 49.6 Å². The van der Waals surface area contributed by atoms with Crippen LogP contribution in [-0.2, 0) is 15.9 Å². The smallest absolute Gasteiger partial charge is 0.406 e. The second-order valence-corrected chi connectivity index (χ2v) is 8.53. The molecule has 6 nitrogen and oxygen atoms in total. The van der Waals surface area contributed by atoms with Crippen LogP contribution in [0.2, 0.25) is 0 Å². The first-order valence-corrected chi connectivity index (χ1v) is 10.2. The summed E-state index contributed by atoms with van der Waals surface area (Å²) in [4.78, 5) is 19.0. The molecule has 3 N–H and O–H groups in total. The Morgan fingerprint density at radius 3 is 2.38 bits per heavy atom. The number of hydrogen-bond acceptors (Lipinski definition) is 5. The fourth-order valence-electron chi connectivity index (χ4n) is 4.42. The second kappa shape index (κ2) is 7.51. The number of aliphatic hydroxyl groups is 1. The molecule has 170 valence electrons. The van der Waals surface area contributed by atoms with Crippen LogP contribution in [0, 0.1) is 0 Å². The van der Waals surface area contributed by atoms with Gasteiger partial charge in [-0.2, -0.15) is 0 Å². The first kappa shape index (κ1) is 22.1. The number of amides is 1. The van der Waals surface area contributed by atoms with Gasteiger partial charge in [-0.3, -0.25) is 9.69 Å². The molecule has 9 heteroatoms. The molecule has 2 aromatic carbocycles. The van der Waals surface area contributed by atoms with Crippen LogP contribution in [-0.4, -0.2) is 35.3 Å². The number of nitrogens with two attached hydrogens (primary N) is 1. The molecule has 0 radical (unpaired) electrons. The zero-order valence-corrected chi connectivity index (χ0v) is 17.7. The van der Waals surface area contributed by atoms with Crippen molar-refractivity contribution in [2.75, 3.05) is 7.05 Å². The number of hydrogen-bond donors (Lipinski definition) is 2. The lowest BCUT2D eigenvalue weighted by molar-refractivity contribution is -0.274. The molecule has 1 aliphatic heterocycles. The van der Waals surface area contributed by atoms with Gasteiger partial charge in [-0.1, -0.05) is 36.4 Å². The third-order valence-electron chi connectivity index (χ3n) is 6.44. The number of nitrogens with zero attached hydrogens (tertiary/aromatic N) is 2. The van der Waals surface area contributed by atoms with Crippen LogP contribution in [0.4, 0.5) is 13.2 Å². The van der Waals surface area contributed by atoms with Gasteiger partial charge in [-0.15, -0.1) is 13.2 Å². The zero-order valence-electron chi connectivity index (χ0n) is 17.7. The van der Waals surface area contributed by atoms with Crippen LogP contribution < -0.4 is 10.5 Å². The summed E-state index contributed by atoms with van der Waals surface area (Å²) in [5.41, 5.74) is 5.61. The van der Waals surface area contributed by atoms with Crippen molar-refractivity contribution in [3.63, 3.8) is 0 Å². The summed E-state index contributed by atoms with van der Waals surface area (Å²) in [6, 6.07) is 12.5. The molecule has 0 aromatic heterocycles. The van der Waals surface area contributed by atoms with Crippen molar-refractivity contribution in [2.24, 2.45) is 10.7 Å². The van der Waals surface area contributed by atoms with Gasteiger partial charge in [0, 0.05) is 7.05 Å². The number of benzene rings is 2. The lowest BCUT2D eigenvalue weighted by Gasteiger charge is -2.41. The van der Waals surface area contributed by atoms with E-state index >= 15 is 0 Å². The van der Waals surface area contributed by atoms with Crippen molar-refractivity contribution >= 4 is 11.9 Å². The highest BCUT2D eigenvalue weighted by atomic mass is 19.4. The molecule has 0 saturated heterocycles. The minimum Gasteiger partial charge on any atom is -0.406 e. The number of rotatable bonds is 4. The monoisotopic (exact) mass is 447 g/mol. The number of carbonyl (C=O) groups excluding carboxylic acids is 1. The molecule has 2 aliphatic rings. The summed E-state index contributed by atoms with van der Waals surface area (Å²) in [5.74, 6) is -1.61. The van der Waals surface area contributed by atoms with Gasteiger partial charge in [0.1, 0.15) is 11.3 Å². The summed E-state index contributed by atoms with van der Waals surface area (Å²) in [5, 5.41) is 10.6. The number of ether oxygens (including phenoxy) is 1. The van der Waals surface area contributed by atoms with Crippen molar-refractivity contribution in [3.8, 4) is 5.75 Å². The van der Waals surface area contributed by atoms with Crippen molar-refractivity contribution in [1.82, 2.24) is 4.90 Å². The minimum atomic E-state index is -4.85. The Kier molecular flexibility index (Phi) is 5.20. The molecule has 1 fully saturated rings. The summed E-state index contributed by atoms with van der Waals surface area (Å²) >= 11 is 0. The predicted molar refractivity (Wildman–Crippen MR) is 112 cm³/mol. The maximum atomic E-state index is 13.3. The number of aliphatic imine (C=N–C) groups is 1. The maximum absolute atomic E-state index is 13.3. The normalized spacial score (nSPS) is 25.2. The van der Waals surface area contributed by atoms with Crippen molar-refractivity contribution in [1.29, 1.82) is 0 Å². The van der Waals surface area contributed by atoms with Crippen molar-refractivity contribution < 1.29 is 27.8 Å². The minimum absolute atomic E-state index is 0.0312. The molecule has 4 rings (SSSR count). The Labute approximate surface area is 183 Å². The van der Waals surface area contributed by atoms with Crippen molar-refractivity contribution in [3.05, 3.63) is 65.2 Å². The molecule has 32 heavy (non-hydrogen) atoms. The number of halogens is 3. The maximum Gasteiger partial charge on any atom is 0.573 e. The van der Waals surface area contributed by atoms with E-state index in [0.29, 0.717) is 24.0 Å². The fraction of sp³-hybridized carbons (Fsp3) is 0.391. The molecule has 0 bridgehead atoms. The van der Waals surface area contributed by atoms with Crippen LogP contribution in [0.25, 0.3) is 0 Å². The summed E-state index contributed by atoms with van der Waals surface area (Å²) in [6.07, 6.45) is -2.53. The fourth-order valence-corrected chi connectivity index (χ4v) is 4.42. The van der Waals surface area contributed by atoms with Gasteiger partial charge < -0.3 is 15.6 Å². The molecule has 2 aromatic rings. The van der Waals surface area contributed by atoms with E-state index in [1.165, 1.54) is 30.1 Å². The van der Waals surface area contributed by atoms with E-state index in [1.807, 2.05) is 0 Å². The highest BCUT2D eigenvalue weighted by Crippen LogP contribution is 2.46. The molecule has 1 saturated carbocycles. The summed E-state index contributed by atoms with van der Waals surface area (Å²) in [6.45, 7) is 1.66. The molecular formula is C23H24F3N3O3. The average Bonchev–Trinajstić information content (AvgIpc) is 2.70. The summed E-state index contributed by atoms with van der Waals surface area (Å²) in [7, 11) is 1.50. The SMILES string of the molecule is CN1C(=O)[C@@H](c2ccc(C3(O)CCC3)cc2)[C@@](C)(c2cccc(OC(F)(F)F)c2)N=C1N. The van der Waals surface area contributed by atoms with Gasteiger partial charge >= 0.3 is 6.36 Å². The van der Waals surface area contributed by atoms with Gasteiger partial charge in [0.05, 0.1) is 11.5 Å². The standard InChI is InChI=1S/C23H24F3N3O3/c1-21(16-5-3-6-17(13-16)32-23(24,25)26)18(19(30)29(2)20(27)28-21)14-7-9-15(10-8-14)22(31)11-4-12-22/h3,5-10,13,18,31H,4,11-12H2,1-2H3,(H2,27,28)/t18-,21-/m1/s1. The highest BCUT2D eigenvalue weighted by molar-refractivity contribution is 6.02. The Bertz CT molecular complexity index is 1060. The number of likely N-dealkylation sites (N-methyl/N-ethyl adjacent to an activating group) is 1. The third kappa shape index (κ3) is 3.81. The molecule has 1 heterocycles. The summed E-state index contributed by atoms with van der Waals surface area (Å²) < 4.78 is 42.3. The van der Waals surface area contributed by atoms with Crippen LogP contribution in [0.1, 0.15) is 48.8 Å². The van der Waals surface area contributed by atoms with Crippen LogP contribution in [0.3, 0.4) is 0 Å². The number of alkyl halides is 3. The molecule has 1 amide bonds. The van der Waals surface area contributed by atoms with E-state index in [2.05, 4.69) is 9.73 Å². The Morgan fingerprint density at radius 2 is 1.81 bits per heavy atom. The van der Waals surface area contributed by atoms with E-state index < -0.39 is 29.2 Å². The lowest BCUT2D eigenvalue weighted by Crippen LogP contribution is -2.52. The molecular weight excluding hydrogens is 423 g/mol. The van der Waals surface area contributed by atoms with Gasteiger partial charge in [0.25, 0.3) is 0 Å². The lowest BCUT2D eigenvalue weighted by atomic mass is 9.72. The quantitative estimate of drug-likeness (QED) is 0.748. The molecule has 0 unspecified atom stereocenters.